The number of carbonyl (C=O) groups is 1. The van der Waals surface area contributed by atoms with Crippen LogP contribution in [0, 0.1) is 0 Å². The molecule has 0 spiro atoms. The minimum absolute atomic E-state index is 0.245. The number of hydrogen-bond donors (Lipinski definition) is 2. The normalized spacial score (nSPS) is 10.3. The molecule has 0 saturated carbocycles. The van der Waals surface area contributed by atoms with E-state index in [0.717, 1.165) is 23.5 Å². The van der Waals surface area contributed by atoms with Crippen molar-refractivity contribution in [1.29, 1.82) is 0 Å². The summed E-state index contributed by atoms with van der Waals surface area (Å²) >= 11 is 0. The summed E-state index contributed by atoms with van der Waals surface area (Å²) in [7, 11) is 1.66. The molecule has 0 saturated heterocycles. The molecule has 29 heavy (non-hydrogen) atoms. The second kappa shape index (κ2) is 10.1. The maximum Gasteiger partial charge on any atom is 0.275 e. The standard InChI is InChI=1S/C22H24N4O3/c1-3-29-18-10-8-17(9-11-18)26-22(27)19-14-25-21(15-24-19)23-13-12-16-6-4-5-7-20(16)28-2/h4-11,14-15H,3,12-13H2,1-2H3,(H,23,25)(H,26,27). The first-order valence-electron chi connectivity index (χ1n) is 9.41. The molecule has 1 amide bonds. The molecule has 7 nitrogen and oxygen atoms in total. The molecular weight excluding hydrogens is 368 g/mol. The molecule has 2 aromatic carbocycles. The van der Waals surface area contributed by atoms with E-state index in [1.165, 1.54) is 6.20 Å². The molecule has 2 N–H and O–H groups in total. The van der Waals surface area contributed by atoms with E-state index in [2.05, 4.69) is 20.6 Å². The highest BCUT2D eigenvalue weighted by Gasteiger charge is 2.09. The lowest BCUT2D eigenvalue weighted by atomic mass is 10.1. The molecule has 1 heterocycles. The van der Waals surface area contributed by atoms with E-state index in [1.807, 2.05) is 31.2 Å². The van der Waals surface area contributed by atoms with Crippen molar-refractivity contribution in [2.24, 2.45) is 0 Å². The number of anilines is 2. The molecule has 7 heteroatoms. The van der Waals surface area contributed by atoms with Gasteiger partial charge in [0.05, 0.1) is 26.1 Å². The van der Waals surface area contributed by atoms with Gasteiger partial charge in [0.15, 0.2) is 0 Å². The van der Waals surface area contributed by atoms with Crippen LogP contribution in [-0.2, 0) is 6.42 Å². The maximum atomic E-state index is 12.3. The minimum atomic E-state index is -0.317. The van der Waals surface area contributed by atoms with Crippen LogP contribution in [-0.4, -0.2) is 36.1 Å². The Morgan fingerprint density at radius 2 is 1.83 bits per heavy atom. The lowest BCUT2D eigenvalue weighted by molar-refractivity contribution is 0.102. The zero-order valence-electron chi connectivity index (χ0n) is 16.5. The van der Waals surface area contributed by atoms with Crippen molar-refractivity contribution in [3.05, 3.63) is 72.2 Å². The average Bonchev–Trinajstić information content (AvgIpc) is 2.76. The van der Waals surface area contributed by atoms with Crippen LogP contribution in [0.5, 0.6) is 11.5 Å². The Labute approximate surface area is 170 Å². The summed E-state index contributed by atoms with van der Waals surface area (Å²) in [6.45, 7) is 3.19. The number of amides is 1. The highest BCUT2D eigenvalue weighted by molar-refractivity contribution is 6.02. The summed E-state index contributed by atoms with van der Waals surface area (Å²) in [5.41, 5.74) is 2.02. The molecule has 0 bridgehead atoms. The number of para-hydroxylation sites is 1. The topological polar surface area (TPSA) is 85.4 Å². The van der Waals surface area contributed by atoms with Crippen molar-refractivity contribution in [2.45, 2.75) is 13.3 Å². The molecule has 3 rings (SSSR count). The summed E-state index contributed by atoms with van der Waals surface area (Å²) in [6, 6.07) is 15.1. The van der Waals surface area contributed by atoms with Gasteiger partial charge in [-0.2, -0.15) is 0 Å². The van der Waals surface area contributed by atoms with Gasteiger partial charge in [0.25, 0.3) is 5.91 Å². The molecule has 0 aliphatic rings. The lowest BCUT2D eigenvalue weighted by Gasteiger charge is -2.10. The first kappa shape index (κ1) is 20.1. The van der Waals surface area contributed by atoms with Crippen molar-refractivity contribution >= 4 is 17.4 Å². The molecule has 0 aliphatic heterocycles. The van der Waals surface area contributed by atoms with Gasteiger partial charge < -0.3 is 20.1 Å². The molecule has 0 fully saturated rings. The van der Waals surface area contributed by atoms with Crippen molar-refractivity contribution in [2.75, 3.05) is 30.9 Å². The molecular formula is C22H24N4O3. The molecule has 0 atom stereocenters. The first-order valence-corrected chi connectivity index (χ1v) is 9.41. The van der Waals surface area contributed by atoms with Gasteiger partial charge in [0, 0.05) is 12.2 Å². The van der Waals surface area contributed by atoms with Crippen LogP contribution in [0.25, 0.3) is 0 Å². The number of hydrogen-bond acceptors (Lipinski definition) is 6. The summed E-state index contributed by atoms with van der Waals surface area (Å²) in [6.07, 6.45) is 3.79. The van der Waals surface area contributed by atoms with E-state index >= 15 is 0 Å². The molecule has 3 aromatic rings. The Hall–Kier alpha value is -3.61. The summed E-state index contributed by atoms with van der Waals surface area (Å²) in [4.78, 5) is 20.8. The highest BCUT2D eigenvalue weighted by Crippen LogP contribution is 2.18. The van der Waals surface area contributed by atoms with Crippen LogP contribution in [0.4, 0.5) is 11.5 Å². The van der Waals surface area contributed by atoms with Crippen LogP contribution in [0.2, 0.25) is 0 Å². The Kier molecular flexibility index (Phi) is 7.00. The number of carbonyl (C=O) groups excluding carboxylic acids is 1. The van der Waals surface area contributed by atoms with Gasteiger partial charge in [0.2, 0.25) is 0 Å². The first-order chi connectivity index (χ1) is 14.2. The van der Waals surface area contributed by atoms with Crippen molar-refractivity contribution in [3.8, 4) is 11.5 Å². The molecule has 0 radical (unpaired) electrons. The van der Waals surface area contributed by atoms with E-state index in [1.54, 1.807) is 37.6 Å². The fourth-order valence-corrected chi connectivity index (χ4v) is 2.77. The minimum Gasteiger partial charge on any atom is -0.496 e. The molecule has 0 unspecified atom stereocenters. The molecule has 150 valence electrons. The fraction of sp³-hybridized carbons (Fsp3) is 0.227. The Balaban J connectivity index is 1.52. The number of ether oxygens (including phenoxy) is 2. The van der Waals surface area contributed by atoms with Crippen LogP contribution in [0.3, 0.4) is 0 Å². The number of aromatic nitrogens is 2. The Bertz CT molecular complexity index is 928. The van der Waals surface area contributed by atoms with E-state index in [9.17, 15) is 4.79 Å². The third-order valence-electron chi connectivity index (χ3n) is 4.20. The zero-order chi connectivity index (χ0) is 20.5. The fourth-order valence-electron chi connectivity index (χ4n) is 2.77. The quantitative estimate of drug-likeness (QED) is 0.576. The van der Waals surface area contributed by atoms with Gasteiger partial charge in [-0.25, -0.2) is 9.97 Å². The maximum absolute atomic E-state index is 12.3. The lowest BCUT2D eigenvalue weighted by Crippen LogP contribution is -2.15. The summed E-state index contributed by atoms with van der Waals surface area (Å²) < 4.78 is 10.7. The Morgan fingerprint density at radius 3 is 2.52 bits per heavy atom. The van der Waals surface area contributed by atoms with E-state index in [4.69, 9.17) is 9.47 Å². The highest BCUT2D eigenvalue weighted by atomic mass is 16.5. The van der Waals surface area contributed by atoms with Gasteiger partial charge in [-0.3, -0.25) is 4.79 Å². The summed E-state index contributed by atoms with van der Waals surface area (Å²) in [5, 5.41) is 6.00. The predicted molar refractivity (Wildman–Crippen MR) is 113 cm³/mol. The largest absolute Gasteiger partial charge is 0.496 e. The SMILES string of the molecule is CCOc1ccc(NC(=O)c2cnc(NCCc3ccccc3OC)cn2)cc1. The van der Waals surface area contributed by atoms with Gasteiger partial charge in [-0.1, -0.05) is 18.2 Å². The zero-order valence-corrected chi connectivity index (χ0v) is 16.5. The Morgan fingerprint density at radius 1 is 1.03 bits per heavy atom. The van der Waals surface area contributed by atoms with E-state index < -0.39 is 0 Å². The van der Waals surface area contributed by atoms with Crippen LogP contribution < -0.4 is 20.1 Å². The monoisotopic (exact) mass is 392 g/mol. The van der Waals surface area contributed by atoms with Crippen molar-refractivity contribution < 1.29 is 14.3 Å². The average molecular weight is 392 g/mol. The number of nitrogens with one attached hydrogen (secondary N) is 2. The van der Waals surface area contributed by atoms with E-state index in [-0.39, 0.29) is 11.6 Å². The van der Waals surface area contributed by atoms with Gasteiger partial charge >= 0.3 is 0 Å². The van der Waals surface area contributed by atoms with Gasteiger partial charge in [-0.15, -0.1) is 0 Å². The van der Waals surface area contributed by atoms with Crippen LogP contribution in [0.1, 0.15) is 23.0 Å². The molecule has 1 aromatic heterocycles. The smallest absolute Gasteiger partial charge is 0.275 e. The number of methoxy groups -OCH3 is 1. The predicted octanol–water partition coefficient (Wildman–Crippen LogP) is 3.79. The summed E-state index contributed by atoms with van der Waals surface area (Å²) in [5.74, 6) is 1.91. The second-order valence-corrected chi connectivity index (χ2v) is 6.19. The second-order valence-electron chi connectivity index (χ2n) is 6.19. The molecule has 0 aliphatic carbocycles. The number of benzene rings is 2. The van der Waals surface area contributed by atoms with Crippen LogP contribution >= 0.6 is 0 Å². The van der Waals surface area contributed by atoms with Gasteiger partial charge in [0.1, 0.15) is 23.0 Å². The van der Waals surface area contributed by atoms with Crippen molar-refractivity contribution in [3.63, 3.8) is 0 Å². The number of rotatable bonds is 9. The van der Waals surface area contributed by atoms with E-state index in [0.29, 0.717) is 24.7 Å². The third-order valence-corrected chi connectivity index (χ3v) is 4.20. The third kappa shape index (κ3) is 5.68. The van der Waals surface area contributed by atoms with Crippen molar-refractivity contribution in [1.82, 2.24) is 9.97 Å². The number of nitrogens with zero attached hydrogens (tertiary/aromatic N) is 2. The van der Waals surface area contributed by atoms with Crippen LogP contribution in [0.15, 0.2) is 60.9 Å². The van der Waals surface area contributed by atoms with Gasteiger partial charge in [-0.05, 0) is 49.2 Å².